The van der Waals surface area contributed by atoms with Crippen LogP contribution in [0.3, 0.4) is 0 Å². The van der Waals surface area contributed by atoms with Gasteiger partial charge in [0.1, 0.15) is 10.0 Å². The van der Waals surface area contributed by atoms with Crippen molar-refractivity contribution >= 4 is 21.6 Å². The van der Waals surface area contributed by atoms with Gasteiger partial charge in [-0.3, -0.25) is 0 Å². The first kappa shape index (κ1) is 16.7. The Balaban J connectivity index is 2.15. The van der Waals surface area contributed by atoms with Gasteiger partial charge in [-0.1, -0.05) is 30.9 Å². The lowest BCUT2D eigenvalue weighted by atomic mass is 9.81. The highest BCUT2D eigenvalue weighted by molar-refractivity contribution is 7.89. The summed E-state index contributed by atoms with van der Waals surface area (Å²) in [7, 11) is 0.388. The molecular weight excluding hydrogens is 310 g/mol. The quantitative estimate of drug-likeness (QED) is 0.841. The lowest BCUT2D eigenvalue weighted by molar-refractivity contribution is 0.105. The number of likely N-dealkylation sites (N-methyl/N-ethyl adjacent to an activating group) is 1. The molecule has 0 spiro atoms. The molecule has 0 aliphatic heterocycles. The molecule has 1 heterocycles. The van der Waals surface area contributed by atoms with E-state index in [-0.39, 0.29) is 15.6 Å². The predicted octanol–water partition coefficient (Wildman–Crippen LogP) is 2.28. The second-order valence-corrected chi connectivity index (χ2v) is 7.89. The van der Waals surface area contributed by atoms with E-state index in [1.807, 2.05) is 14.1 Å². The molecule has 118 valence electrons. The molecule has 1 aromatic rings. The molecule has 1 N–H and O–H groups in total. The summed E-state index contributed by atoms with van der Waals surface area (Å²) in [6, 6.07) is 3.05. The molecule has 0 amide bonds. The van der Waals surface area contributed by atoms with Gasteiger partial charge < -0.3 is 4.90 Å². The Morgan fingerprint density at radius 1 is 1.33 bits per heavy atom. The molecule has 0 bridgehead atoms. The molecule has 5 nitrogen and oxygen atoms in total. The van der Waals surface area contributed by atoms with Crippen LogP contribution in [-0.2, 0) is 10.0 Å². The first-order chi connectivity index (χ1) is 9.87. The number of pyridine rings is 1. The van der Waals surface area contributed by atoms with Crippen molar-refractivity contribution in [1.29, 1.82) is 0 Å². The van der Waals surface area contributed by atoms with E-state index < -0.39 is 10.0 Å². The van der Waals surface area contributed by atoms with Crippen LogP contribution in [0.25, 0.3) is 0 Å². The first-order valence-electron chi connectivity index (χ1n) is 7.15. The Hall–Kier alpha value is -0.690. The van der Waals surface area contributed by atoms with Gasteiger partial charge in [-0.25, -0.2) is 18.1 Å². The zero-order chi connectivity index (χ0) is 15.5. The number of rotatable bonds is 5. The molecule has 2 rings (SSSR count). The van der Waals surface area contributed by atoms with Gasteiger partial charge in [0.25, 0.3) is 0 Å². The first-order valence-corrected chi connectivity index (χ1v) is 9.01. The van der Waals surface area contributed by atoms with Crippen LogP contribution < -0.4 is 4.72 Å². The van der Waals surface area contributed by atoms with Crippen molar-refractivity contribution in [3.8, 4) is 0 Å². The summed E-state index contributed by atoms with van der Waals surface area (Å²) >= 11 is 5.89. The number of nitrogens with zero attached hydrogens (tertiary/aromatic N) is 2. The number of sulfonamides is 1. The van der Waals surface area contributed by atoms with Crippen LogP contribution in [0.5, 0.6) is 0 Å². The molecule has 1 aromatic heterocycles. The van der Waals surface area contributed by atoms with Gasteiger partial charge in [-0.15, -0.1) is 0 Å². The van der Waals surface area contributed by atoms with Crippen LogP contribution in [0.2, 0.25) is 5.15 Å². The Bertz CT molecular complexity index is 584. The highest BCUT2D eigenvalue weighted by Gasteiger charge is 2.35. The molecule has 0 aromatic carbocycles. The van der Waals surface area contributed by atoms with Crippen LogP contribution in [0.15, 0.2) is 23.2 Å². The molecule has 0 unspecified atom stereocenters. The molecule has 0 saturated heterocycles. The smallest absolute Gasteiger partial charge is 0.243 e. The fourth-order valence-electron chi connectivity index (χ4n) is 2.87. The monoisotopic (exact) mass is 331 g/mol. The van der Waals surface area contributed by atoms with Gasteiger partial charge in [0.15, 0.2) is 0 Å². The topological polar surface area (TPSA) is 62.3 Å². The molecular formula is C14H22ClN3O2S. The van der Waals surface area contributed by atoms with Crippen LogP contribution >= 0.6 is 11.6 Å². The second-order valence-electron chi connectivity index (χ2n) is 5.80. The van der Waals surface area contributed by atoms with E-state index in [0.717, 1.165) is 25.7 Å². The summed E-state index contributed by atoms with van der Waals surface area (Å²) in [5, 5.41) is 0.00699. The highest BCUT2D eigenvalue weighted by atomic mass is 35.5. The number of hydrogen-bond donors (Lipinski definition) is 1. The molecule has 1 fully saturated rings. The molecule has 1 aliphatic carbocycles. The van der Waals surface area contributed by atoms with E-state index >= 15 is 0 Å². The predicted molar refractivity (Wildman–Crippen MR) is 83.9 cm³/mol. The Morgan fingerprint density at radius 2 is 2.00 bits per heavy atom. The second kappa shape index (κ2) is 6.60. The maximum Gasteiger partial charge on any atom is 0.243 e. The normalized spacial score (nSPS) is 18.9. The van der Waals surface area contributed by atoms with Crippen LogP contribution in [0.4, 0.5) is 0 Å². The Labute approximate surface area is 131 Å². The maximum atomic E-state index is 12.4. The van der Waals surface area contributed by atoms with Crippen LogP contribution in [0.1, 0.15) is 32.1 Å². The van der Waals surface area contributed by atoms with Crippen molar-refractivity contribution in [2.75, 3.05) is 20.6 Å². The lowest BCUT2D eigenvalue weighted by Gasteiger charge is -2.43. The molecule has 7 heteroatoms. The zero-order valence-electron chi connectivity index (χ0n) is 12.5. The van der Waals surface area contributed by atoms with Gasteiger partial charge in [-0.2, -0.15) is 0 Å². The SMILES string of the molecule is CN(C)C1(CNS(=O)(=O)c2cccnc2Cl)CCCCC1. The van der Waals surface area contributed by atoms with E-state index in [2.05, 4.69) is 14.6 Å². The van der Waals surface area contributed by atoms with E-state index in [4.69, 9.17) is 11.6 Å². The van der Waals surface area contributed by atoms with Crippen molar-refractivity contribution in [2.45, 2.75) is 42.5 Å². The number of aromatic nitrogens is 1. The van der Waals surface area contributed by atoms with Crippen molar-refractivity contribution in [2.24, 2.45) is 0 Å². The minimum absolute atomic E-state index is 0.00699. The summed E-state index contributed by atoms with van der Waals surface area (Å²) < 4.78 is 27.5. The molecule has 1 saturated carbocycles. The molecule has 0 atom stereocenters. The average Bonchev–Trinajstić information content (AvgIpc) is 2.46. The summed E-state index contributed by atoms with van der Waals surface area (Å²) in [5.74, 6) is 0. The lowest BCUT2D eigenvalue weighted by Crippen LogP contribution is -2.53. The van der Waals surface area contributed by atoms with Crippen molar-refractivity contribution < 1.29 is 8.42 Å². The standard InChI is InChI=1S/C14H22ClN3O2S/c1-18(2)14(8-4-3-5-9-14)11-17-21(19,20)12-7-6-10-16-13(12)15/h6-7,10,17H,3-5,8-9,11H2,1-2H3. The summed E-state index contributed by atoms with van der Waals surface area (Å²) in [6.45, 7) is 0.396. The van der Waals surface area contributed by atoms with Crippen molar-refractivity contribution in [1.82, 2.24) is 14.6 Å². The summed E-state index contributed by atoms with van der Waals surface area (Å²) in [5.41, 5.74) is -0.111. The summed E-state index contributed by atoms with van der Waals surface area (Å²) in [6.07, 6.45) is 6.97. The van der Waals surface area contributed by atoms with Crippen molar-refractivity contribution in [3.05, 3.63) is 23.5 Å². The van der Waals surface area contributed by atoms with Crippen LogP contribution in [0, 0.1) is 0 Å². The highest BCUT2D eigenvalue weighted by Crippen LogP contribution is 2.32. The van der Waals surface area contributed by atoms with E-state index in [9.17, 15) is 8.42 Å². The maximum absolute atomic E-state index is 12.4. The third-order valence-electron chi connectivity index (χ3n) is 4.34. The van der Waals surface area contributed by atoms with Gasteiger partial charge in [0.05, 0.1) is 0 Å². The zero-order valence-corrected chi connectivity index (χ0v) is 14.0. The number of halogens is 1. The minimum Gasteiger partial charge on any atom is -0.302 e. The largest absolute Gasteiger partial charge is 0.302 e. The number of nitrogens with one attached hydrogen (secondary N) is 1. The Morgan fingerprint density at radius 3 is 2.57 bits per heavy atom. The van der Waals surface area contributed by atoms with Crippen molar-refractivity contribution in [3.63, 3.8) is 0 Å². The summed E-state index contributed by atoms with van der Waals surface area (Å²) in [4.78, 5) is 6.01. The fourth-order valence-corrected chi connectivity index (χ4v) is 4.44. The van der Waals surface area contributed by atoms with Gasteiger partial charge in [-0.05, 0) is 39.1 Å². The average molecular weight is 332 g/mol. The van der Waals surface area contributed by atoms with Gasteiger partial charge >= 0.3 is 0 Å². The Kier molecular flexibility index (Phi) is 5.24. The van der Waals surface area contributed by atoms with Crippen LogP contribution in [-0.4, -0.2) is 44.5 Å². The molecule has 1 aliphatic rings. The van der Waals surface area contributed by atoms with E-state index in [1.165, 1.54) is 18.7 Å². The van der Waals surface area contributed by atoms with E-state index in [0.29, 0.717) is 6.54 Å². The minimum atomic E-state index is -3.63. The van der Waals surface area contributed by atoms with Gasteiger partial charge in [0.2, 0.25) is 10.0 Å². The third-order valence-corrected chi connectivity index (χ3v) is 6.18. The third kappa shape index (κ3) is 3.74. The molecule has 0 radical (unpaired) electrons. The van der Waals surface area contributed by atoms with Gasteiger partial charge in [0, 0.05) is 18.3 Å². The fraction of sp³-hybridized carbons (Fsp3) is 0.643. The molecule has 21 heavy (non-hydrogen) atoms. The van der Waals surface area contributed by atoms with E-state index in [1.54, 1.807) is 6.07 Å². The number of hydrogen-bond acceptors (Lipinski definition) is 4.